The summed E-state index contributed by atoms with van der Waals surface area (Å²) in [4.78, 5) is 35.2. The smallest absolute Gasteiger partial charge is 0.233 e. The molecule has 7 heteroatoms. The lowest BCUT2D eigenvalue weighted by molar-refractivity contribution is -0.123. The van der Waals surface area contributed by atoms with Crippen molar-refractivity contribution in [2.75, 3.05) is 16.0 Å². The number of nitrogens with one attached hydrogen (secondary N) is 3. The van der Waals surface area contributed by atoms with Gasteiger partial charge in [-0.1, -0.05) is 6.07 Å². The summed E-state index contributed by atoms with van der Waals surface area (Å²) in [5.74, 6) is -0.377. The van der Waals surface area contributed by atoms with Gasteiger partial charge in [-0.05, 0) is 56.3 Å². The van der Waals surface area contributed by atoms with Gasteiger partial charge in [-0.15, -0.1) is 0 Å². The van der Waals surface area contributed by atoms with E-state index in [-0.39, 0.29) is 18.4 Å². The molecule has 0 saturated heterocycles. The van der Waals surface area contributed by atoms with Crippen molar-refractivity contribution in [1.82, 2.24) is 0 Å². The molecular formula is C20H23N3O4. The maximum Gasteiger partial charge on any atom is 0.233 e. The molecule has 27 heavy (non-hydrogen) atoms. The largest absolute Gasteiger partial charge is 0.491 e. The highest BCUT2D eigenvalue weighted by Crippen LogP contribution is 2.18. The molecule has 0 aliphatic carbocycles. The maximum atomic E-state index is 12.0. The quantitative estimate of drug-likeness (QED) is 0.652. The first-order valence-electron chi connectivity index (χ1n) is 8.56. The van der Waals surface area contributed by atoms with Crippen molar-refractivity contribution < 1.29 is 19.1 Å². The zero-order valence-electron chi connectivity index (χ0n) is 15.5. The van der Waals surface area contributed by atoms with Gasteiger partial charge in [-0.2, -0.15) is 0 Å². The summed E-state index contributed by atoms with van der Waals surface area (Å²) in [6, 6.07) is 13.6. The number of rotatable bonds is 7. The fourth-order valence-corrected chi connectivity index (χ4v) is 2.32. The van der Waals surface area contributed by atoms with Crippen LogP contribution in [0.1, 0.15) is 27.2 Å². The van der Waals surface area contributed by atoms with Crippen molar-refractivity contribution in [3.8, 4) is 5.75 Å². The summed E-state index contributed by atoms with van der Waals surface area (Å²) in [5.41, 5.74) is 1.64. The van der Waals surface area contributed by atoms with Gasteiger partial charge in [0.25, 0.3) is 0 Å². The second-order valence-electron chi connectivity index (χ2n) is 6.23. The Morgan fingerprint density at radius 3 is 1.96 bits per heavy atom. The lowest BCUT2D eigenvalue weighted by Gasteiger charge is -2.11. The van der Waals surface area contributed by atoms with Gasteiger partial charge in [0.1, 0.15) is 12.2 Å². The van der Waals surface area contributed by atoms with Crippen LogP contribution in [0.15, 0.2) is 48.5 Å². The Labute approximate surface area is 158 Å². The van der Waals surface area contributed by atoms with Crippen LogP contribution in [0.5, 0.6) is 5.75 Å². The first-order chi connectivity index (χ1) is 12.8. The minimum Gasteiger partial charge on any atom is -0.491 e. The summed E-state index contributed by atoms with van der Waals surface area (Å²) >= 11 is 0. The Morgan fingerprint density at radius 2 is 1.41 bits per heavy atom. The zero-order valence-corrected chi connectivity index (χ0v) is 15.5. The van der Waals surface area contributed by atoms with Gasteiger partial charge in [0.15, 0.2) is 0 Å². The molecule has 0 heterocycles. The van der Waals surface area contributed by atoms with Gasteiger partial charge in [-0.25, -0.2) is 0 Å². The molecule has 3 amide bonds. The van der Waals surface area contributed by atoms with Gasteiger partial charge in [0.2, 0.25) is 17.7 Å². The van der Waals surface area contributed by atoms with Crippen molar-refractivity contribution in [2.45, 2.75) is 33.3 Å². The molecule has 0 radical (unpaired) electrons. The standard InChI is InChI=1S/C20H23N3O4/c1-13(2)27-18-9-7-15(8-10-18)22-19(25)12-20(26)23-17-6-4-5-16(11-17)21-14(3)24/h4-11,13H,12H2,1-3H3,(H,21,24)(H,22,25)(H,23,26). The number of hydrogen-bond acceptors (Lipinski definition) is 4. The van der Waals surface area contributed by atoms with Crippen molar-refractivity contribution in [3.05, 3.63) is 48.5 Å². The maximum absolute atomic E-state index is 12.0. The van der Waals surface area contributed by atoms with E-state index in [0.29, 0.717) is 22.8 Å². The van der Waals surface area contributed by atoms with Crippen LogP contribution in [0.3, 0.4) is 0 Å². The van der Waals surface area contributed by atoms with E-state index in [1.165, 1.54) is 6.92 Å². The van der Waals surface area contributed by atoms with Crippen molar-refractivity contribution >= 4 is 34.8 Å². The topological polar surface area (TPSA) is 96.5 Å². The highest BCUT2D eigenvalue weighted by Gasteiger charge is 2.11. The molecule has 0 aliphatic rings. The van der Waals surface area contributed by atoms with Crippen LogP contribution in [-0.2, 0) is 14.4 Å². The Balaban J connectivity index is 1.86. The molecule has 0 aromatic heterocycles. The first kappa shape index (κ1) is 20.0. The minimum absolute atomic E-state index is 0.0679. The van der Waals surface area contributed by atoms with Crippen LogP contribution in [-0.4, -0.2) is 23.8 Å². The molecule has 0 atom stereocenters. The fourth-order valence-electron chi connectivity index (χ4n) is 2.32. The van der Waals surface area contributed by atoms with E-state index >= 15 is 0 Å². The molecule has 2 rings (SSSR count). The third kappa shape index (κ3) is 7.19. The Hall–Kier alpha value is -3.35. The molecule has 7 nitrogen and oxygen atoms in total. The van der Waals surface area contributed by atoms with Crippen molar-refractivity contribution in [2.24, 2.45) is 0 Å². The number of benzene rings is 2. The molecule has 0 aliphatic heterocycles. The number of carbonyl (C=O) groups excluding carboxylic acids is 3. The third-order valence-corrected chi connectivity index (χ3v) is 3.30. The highest BCUT2D eigenvalue weighted by atomic mass is 16.5. The second-order valence-corrected chi connectivity index (χ2v) is 6.23. The molecule has 2 aromatic carbocycles. The third-order valence-electron chi connectivity index (χ3n) is 3.30. The van der Waals surface area contributed by atoms with E-state index in [0.717, 1.165) is 0 Å². The molecule has 0 spiro atoms. The molecule has 0 saturated carbocycles. The molecule has 0 unspecified atom stereocenters. The number of carbonyl (C=O) groups is 3. The molecule has 2 aromatic rings. The van der Waals surface area contributed by atoms with E-state index in [1.54, 1.807) is 48.5 Å². The Kier molecular flexibility index (Phi) is 6.93. The normalized spacial score (nSPS) is 10.2. The Morgan fingerprint density at radius 1 is 0.852 bits per heavy atom. The first-order valence-corrected chi connectivity index (χ1v) is 8.56. The average molecular weight is 369 g/mol. The predicted octanol–water partition coefficient (Wildman–Crippen LogP) is 3.40. The summed E-state index contributed by atoms with van der Waals surface area (Å²) in [5, 5.41) is 7.92. The molecule has 3 N–H and O–H groups in total. The number of amides is 3. The average Bonchev–Trinajstić information content (AvgIpc) is 2.55. The number of hydrogen-bond donors (Lipinski definition) is 3. The van der Waals surface area contributed by atoms with Crippen LogP contribution < -0.4 is 20.7 Å². The number of ether oxygens (including phenoxy) is 1. The molecule has 0 fully saturated rings. The van der Waals surface area contributed by atoms with E-state index in [1.807, 2.05) is 13.8 Å². The van der Waals surface area contributed by atoms with E-state index in [4.69, 9.17) is 4.74 Å². The molecular weight excluding hydrogens is 346 g/mol. The van der Waals surface area contributed by atoms with Crippen LogP contribution in [0.4, 0.5) is 17.1 Å². The summed E-state index contributed by atoms with van der Waals surface area (Å²) < 4.78 is 5.54. The van der Waals surface area contributed by atoms with E-state index in [2.05, 4.69) is 16.0 Å². The van der Waals surface area contributed by atoms with Crippen LogP contribution in [0, 0.1) is 0 Å². The summed E-state index contributed by atoms with van der Waals surface area (Å²) in [7, 11) is 0. The summed E-state index contributed by atoms with van der Waals surface area (Å²) in [6.45, 7) is 5.26. The zero-order chi connectivity index (χ0) is 19.8. The van der Waals surface area contributed by atoms with Crippen LogP contribution in [0.25, 0.3) is 0 Å². The van der Waals surface area contributed by atoms with Crippen LogP contribution >= 0.6 is 0 Å². The van der Waals surface area contributed by atoms with Gasteiger partial charge < -0.3 is 20.7 Å². The predicted molar refractivity (Wildman–Crippen MR) is 105 cm³/mol. The lowest BCUT2D eigenvalue weighted by Crippen LogP contribution is -2.21. The van der Waals surface area contributed by atoms with E-state index < -0.39 is 11.8 Å². The van der Waals surface area contributed by atoms with Crippen molar-refractivity contribution in [1.29, 1.82) is 0 Å². The monoisotopic (exact) mass is 369 g/mol. The van der Waals surface area contributed by atoms with Gasteiger partial charge >= 0.3 is 0 Å². The molecule has 0 bridgehead atoms. The van der Waals surface area contributed by atoms with Gasteiger partial charge in [-0.3, -0.25) is 14.4 Å². The van der Waals surface area contributed by atoms with Gasteiger partial charge in [0, 0.05) is 24.0 Å². The van der Waals surface area contributed by atoms with Crippen molar-refractivity contribution in [3.63, 3.8) is 0 Å². The molecule has 142 valence electrons. The SMILES string of the molecule is CC(=O)Nc1cccc(NC(=O)CC(=O)Nc2ccc(OC(C)C)cc2)c1. The lowest BCUT2D eigenvalue weighted by atomic mass is 10.2. The Bertz CT molecular complexity index is 816. The van der Waals surface area contributed by atoms with Gasteiger partial charge in [0.05, 0.1) is 6.10 Å². The highest BCUT2D eigenvalue weighted by molar-refractivity contribution is 6.08. The fraction of sp³-hybridized carbons (Fsp3) is 0.250. The van der Waals surface area contributed by atoms with E-state index in [9.17, 15) is 14.4 Å². The van der Waals surface area contributed by atoms with Crippen LogP contribution in [0.2, 0.25) is 0 Å². The minimum atomic E-state index is -0.452. The summed E-state index contributed by atoms with van der Waals surface area (Å²) in [6.07, 6.45) is -0.257. The number of anilines is 3. The second kappa shape index (κ2) is 9.38.